The number of sulfonamides is 1. The van der Waals surface area contributed by atoms with Crippen molar-refractivity contribution in [3.8, 4) is 0 Å². The molecule has 0 saturated heterocycles. The van der Waals surface area contributed by atoms with Crippen LogP contribution in [0.3, 0.4) is 0 Å². The minimum absolute atomic E-state index is 0.0428. The lowest BCUT2D eigenvalue weighted by Gasteiger charge is -2.08. The maximum Gasteiger partial charge on any atom is 0.242 e. The van der Waals surface area contributed by atoms with Crippen LogP contribution in [0.25, 0.3) is 0 Å². The van der Waals surface area contributed by atoms with E-state index in [0.29, 0.717) is 11.6 Å². The molecule has 0 saturated carbocycles. The van der Waals surface area contributed by atoms with Gasteiger partial charge in [-0.1, -0.05) is 75.1 Å². The fraction of sp³-hybridized carbons (Fsp3) is 0.625. The lowest BCUT2D eigenvalue weighted by Crippen LogP contribution is -2.25. The predicted octanol–water partition coefficient (Wildman–Crippen LogP) is 5.41. The van der Waals surface area contributed by atoms with E-state index in [2.05, 4.69) is 11.6 Å². The van der Waals surface area contributed by atoms with Gasteiger partial charge in [0, 0.05) is 11.6 Å². The van der Waals surface area contributed by atoms with Gasteiger partial charge in [-0.05, 0) is 24.6 Å². The summed E-state index contributed by atoms with van der Waals surface area (Å²) in [5.74, 6) is 0. The maximum absolute atomic E-state index is 12.2. The Morgan fingerprint density at radius 2 is 1.55 bits per heavy atom. The van der Waals surface area contributed by atoms with E-state index < -0.39 is 10.0 Å². The van der Waals surface area contributed by atoms with E-state index in [4.69, 9.17) is 23.2 Å². The Balaban J connectivity index is 2.27. The molecule has 0 heterocycles. The average molecular weight is 366 g/mol. The summed E-state index contributed by atoms with van der Waals surface area (Å²) in [5, 5.41) is 0.546. The quantitative estimate of drug-likeness (QED) is 0.532. The van der Waals surface area contributed by atoms with Gasteiger partial charge in [-0.2, -0.15) is 0 Å². The second-order valence-electron chi connectivity index (χ2n) is 5.45. The Morgan fingerprint density at radius 1 is 0.955 bits per heavy atom. The lowest BCUT2D eigenvalue weighted by atomic mass is 10.1. The van der Waals surface area contributed by atoms with Crippen molar-refractivity contribution in [2.45, 2.75) is 63.2 Å². The summed E-state index contributed by atoms with van der Waals surface area (Å²) < 4.78 is 26.9. The van der Waals surface area contributed by atoms with E-state index >= 15 is 0 Å². The van der Waals surface area contributed by atoms with Gasteiger partial charge in [0.05, 0.1) is 5.02 Å². The van der Waals surface area contributed by atoms with Crippen LogP contribution in [-0.4, -0.2) is 15.0 Å². The third-order valence-electron chi connectivity index (χ3n) is 3.51. The molecule has 0 aliphatic carbocycles. The van der Waals surface area contributed by atoms with Crippen molar-refractivity contribution in [2.75, 3.05) is 6.54 Å². The molecule has 1 N–H and O–H groups in total. The molecule has 0 aliphatic heterocycles. The molecule has 0 unspecified atom stereocenters. The van der Waals surface area contributed by atoms with E-state index in [0.717, 1.165) is 19.3 Å². The first-order chi connectivity index (χ1) is 10.5. The molecule has 0 radical (unpaired) electrons. The normalized spacial score (nSPS) is 11.8. The van der Waals surface area contributed by atoms with Gasteiger partial charge in [0.25, 0.3) is 0 Å². The highest BCUT2D eigenvalue weighted by Gasteiger charge is 2.17. The van der Waals surface area contributed by atoms with Gasteiger partial charge in [0.15, 0.2) is 0 Å². The van der Waals surface area contributed by atoms with Crippen molar-refractivity contribution >= 4 is 33.2 Å². The monoisotopic (exact) mass is 365 g/mol. The van der Waals surface area contributed by atoms with Crippen LogP contribution in [0.15, 0.2) is 23.1 Å². The number of nitrogens with one attached hydrogen (secondary N) is 1. The lowest BCUT2D eigenvalue weighted by molar-refractivity contribution is 0.559. The van der Waals surface area contributed by atoms with E-state index in [1.54, 1.807) is 6.07 Å². The Bertz CT molecular complexity index is 547. The third kappa shape index (κ3) is 7.32. The molecule has 0 atom stereocenters. The summed E-state index contributed by atoms with van der Waals surface area (Å²) in [6, 6.07) is 4.44. The third-order valence-corrected chi connectivity index (χ3v) is 5.68. The molecule has 6 heteroatoms. The largest absolute Gasteiger partial charge is 0.242 e. The van der Waals surface area contributed by atoms with Gasteiger partial charge in [0.1, 0.15) is 4.90 Å². The average Bonchev–Trinajstić information content (AvgIpc) is 2.48. The van der Waals surface area contributed by atoms with Crippen molar-refractivity contribution in [3.63, 3.8) is 0 Å². The Labute approximate surface area is 144 Å². The summed E-state index contributed by atoms with van der Waals surface area (Å²) in [7, 11) is -3.58. The Hall–Kier alpha value is -0.290. The van der Waals surface area contributed by atoms with Crippen LogP contribution >= 0.6 is 23.2 Å². The molecular weight excluding hydrogens is 341 g/mol. The highest BCUT2D eigenvalue weighted by Crippen LogP contribution is 2.24. The van der Waals surface area contributed by atoms with Gasteiger partial charge in [0.2, 0.25) is 10.0 Å². The van der Waals surface area contributed by atoms with Crippen LogP contribution in [0.2, 0.25) is 10.0 Å². The number of unbranched alkanes of at least 4 members (excludes halogenated alkanes) is 7. The molecule has 0 aliphatic rings. The van der Waals surface area contributed by atoms with Crippen LogP contribution in [0, 0.1) is 0 Å². The fourth-order valence-electron chi connectivity index (χ4n) is 2.23. The zero-order chi connectivity index (χ0) is 16.4. The second-order valence-corrected chi connectivity index (χ2v) is 8.03. The molecule has 1 aromatic carbocycles. The zero-order valence-corrected chi connectivity index (χ0v) is 15.4. The molecule has 0 bridgehead atoms. The molecule has 22 heavy (non-hydrogen) atoms. The zero-order valence-electron chi connectivity index (χ0n) is 13.1. The van der Waals surface area contributed by atoms with Crippen LogP contribution < -0.4 is 4.72 Å². The van der Waals surface area contributed by atoms with Crippen LogP contribution in [0.1, 0.15) is 58.3 Å². The summed E-state index contributed by atoms with van der Waals surface area (Å²) in [6.45, 7) is 2.64. The molecular formula is C16H25Cl2NO2S. The smallest absolute Gasteiger partial charge is 0.211 e. The van der Waals surface area contributed by atoms with Crippen molar-refractivity contribution in [2.24, 2.45) is 0 Å². The standard InChI is InChI=1S/C16H25Cl2NO2S/c1-2-3-4-5-6-7-8-9-12-19-22(20,21)16-13-14(17)10-11-15(16)18/h10-11,13,19H,2-9,12H2,1H3. The highest BCUT2D eigenvalue weighted by molar-refractivity contribution is 7.89. The van der Waals surface area contributed by atoms with E-state index in [1.165, 1.54) is 44.2 Å². The van der Waals surface area contributed by atoms with Crippen molar-refractivity contribution in [3.05, 3.63) is 28.2 Å². The topological polar surface area (TPSA) is 46.2 Å². The van der Waals surface area contributed by atoms with E-state index in [9.17, 15) is 8.42 Å². The van der Waals surface area contributed by atoms with Gasteiger partial charge in [-0.25, -0.2) is 13.1 Å². The molecule has 0 amide bonds. The summed E-state index contributed by atoms with van der Waals surface area (Å²) in [6.07, 6.45) is 9.40. The molecule has 0 fully saturated rings. The predicted molar refractivity (Wildman–Crippen MR) is 94.3 cm³/mol. The van der Waals surface area contributed by atoms with Crippen molar-refractivity contribution in [1.29, 1.82) is 0 Å². The molecule has 126 valence electrons. The van der Waals surface area contributed by atoms with Crippen molar-refractivity contribution in [1.82, 2.24) is 4.72 Å². The number of hydrogen-bond acceptors (Lipinski definition) is 2. The summed E-state index contributed by atoms with van der Waals surface area (Å²) >= 11 is 11.8. The van der Waals surface area contributed by atoms with Gasteiger partial charge >= 0.3 is 0 Å². The Morgan fingerprint density at radius 3 is 2.18 bits per heavy atom. The molecule has 1 aromatic rings. The summed E-state index contributed by atoms with van der Waals surface area (Å²) in [4.78, 5) is 0.0428. The highest BCUT2D eigenvalue weighted by atomic mass is 35.5. The first-order valence-corrected chi connectivity index (χ1v) is 10.2. The minimum atomic E-state index is -3.58. The molecule has 1 rings (SSSR count). The van der Waals surface area contributed by atoms with Crippen LogP contribution in [0.4, 0.5) is 0 Å². The molecule has 3 nitrogen and oxygen atoms in total. The van der Waals surface area contributed by atoms with Crippen LogP contribution in [-0.2, 0) is 10.0 Å². The number of halogens is 2. The maximum atomic E-state index is 12.2. The summed E-state index contributed by atoms with van der Waals surface area (Å²) in [5.41, 5.74) is 0. The first kappa shape index (κ1) is 19.8. The number of hydrogen-bond donors (Lipinski definition) is 1. The van der Waals surface area contributed by atoms with Crippen LogP contribution in [0.5, 0.6) is 0 Å². The molecule has 0 spiro atoms. The van der Waals surface area contributed by atoms with Gasteiger partial charge in [-0.3, -0.25) is 0 Å². The van der Waals surface area contributed by atoms with E-state index in [-0.39, 0.29) is 9.92 Å². The number of rotatable bonds is 11. The second kappa shape index (κ2) is 10.5. The fourth-order valence-corrected chi connectivity index (χ4v) is 4.06. The van der Waals surface area contributed by atoms with Crippen molar-refractivity contribution < 1.29 is 8.42 Å². The van der Waals surface area contributed by atoms with Gasteiger partial charge < -0.3 is 0 Å². The molecule has 0 aromatic heterocycles. The Kier molecular flexibility index (Phi) is 9.41. The number of benzene rings is 1. The first-order valence-electron chi connectivity index (χ1n) is 7.92. The SMILES string of the molecule is CCCCCCCCCCNS(=O)(=O)c1cc(Cl)ccc1Cl. The van der Waals surface area contributed by atoms with Gasteiger partial charge in [-0.15, -0.1) is 0 Å². The van der Waals surface area contributed by atoms with E-state index in [1.807, 2.05) is 0 Å². The minimum Gasteiger partial charge on any atom is -0.211 e.